The molecule has 2 atom stereocenters. The van der Waals surface area contributed by atoms with Gasteiger partial charge in [0.05, 0.1) is 10.7 Å². The number of hydrogen-bond acceptors (Lipinski definition) is 4. The molecule has 3 N–H and O–H groups in total. The van der Waals surface area contributed by atoms with Crippen molar-refractivity contribution in [3.8, 4) is 0 Å². The molecule has 1 saturated heterocycles. The fourth-order valence-corrected chi connectivity index (χ4v) is 4.47. The third-order valence-electron chi connectivity index (χ3n) is 3.76. The van der Waals surface area contributed by atoms with Gasteiger partial charge in [-0.2, -0.15) is 0 Å². The van der Waals surface area contributed by atoms with E-state index in [1.807, 2.05) is 14.0 Å². The molecule has 0 aromatic heterocycles. The molecule has 1 heterocycles. The fraction of sp³-hybridized carbons (Fsp3) is 0.538. The van der Waals surface area contributed by atoms with Crippen LogP contribution in [0.15, 0.2) is 17.0 Å². The first-order chi connectivity index (χ1) is 9.70. The number of nitrogens with two attached hydrogens (primary N) is 1. The topological polar surface area (TPSA) is 75.4 Å². The number of nitrogens with one attached hydrogen (secondary N) is 1. The Balaban J connectivity index is 2.25. The van der Waals surface area contributed by atoms with Gasteiger partial charge in [0, 0.05) is 12.6 Å². The third-order valence-corrected chi connectivity index (χ3v) is 5.71. The second-order valence-electron chi connectivity index (χ2n) is 5.56. The number of nitrogens with zero attached hydrogens (tertiary/aromatic N) is 1. The Hall–Kier alpha value is -0.890. The Morgan fingerprint density at radius 1 is 1.48 bits per heavy atom. The van der Waals surface area contributed by atoms with Gasteiger partial charge in [-0.1, -0.05) is 18.5 Å². The standard InChI is InChI=1S/C13H19ClFN3O2S/c1-8-7-18(2)4-3-12(8)17-21(19,20)13-6-11(16)10(15)5-9(13)14/h5-6,8,12,17H,3-4,7,16H2,1-2H3. The summed E-state index contributed by atoms with van der Waals surface area (Å²) in [7, 11) is -1.83. The van der Waals surface area contributed by atoms with Gasteiger partial charge < -0.3 is 10.6 Å². The van der Waals surface area contributed by atoms with E-state index >= 15 is 0 Å². The van der Waals surface area contributed by atoms with Crippen molar-refractivity contribution in [1.82, 2.24) is 9.62 Å². The lowest BCUT2D eigenvalue weighted by Crippen LogP contribution is -2.48. The normalized spacial score (nSPS) is 24.2. The molecule has 0 amide bonds. The van der Waals surface area contributed by atoms with E-state index in [0.29, 0.717) is 6.42 Å². The minimum atomic E-state index is -3.83. The Bertz CT molecular complexity index is 639. The molecular formula is C13H19ClFN3O2S. The van der Waals surface area contributed by atoms with Gasteiger partial charge in [0.25, 0.3) is 0 Å². The maximum absolute atomic E-state index is 13.3. The van der Waals surface area contributed by atoms with Gasteiger partial charge in [-0.05, 0) is 38.1 Å². The smallest absolute Gasteiger partial charge is 0.242 e. The highest BCUT2D eigenvalue weighted by Gasteiger charge is 2.30. The van der Waals surface area contributed by atoms with E-state index in [1.165, 1.54) is 0 Å². The number of anilines is 1. The molecule has 0 saturated carbocycles. The minimum Gasteiger partial charge on any atom is -0.396 e. The molecular weight excluding hydrogens is 317 g/mol. The molecule has 0 spiro atoms. The number of benzene rings is 1. The fourth-order valence-electron chi connectivity index (χ4n) is 2.54. The molecule has 1 aromatic carbocycles. The Morgan fingerprint density at radius 3 is 2.76 bits per heavy atom. The summed E-state index contributed by atoms with van der Waals surface area (Å²) in [6, 6.07) is 1.80. The molecule has 1 fully saturated rings. The van der Waals surface area contributed by atoms with E-state index in [4.69, 9.17) is 17.3 Å². The molecule has 0 aliphatic carbocycles. The monoisotopic (exact) mass is 335 g/mol. The van der Waals surface area contributed by atoms with E-state index in [9.17, 15) is 12.8 Å². The van der Waals surface area contributed by atoms with Crippen LogP contribution in [0.25, 0.3) is 0 Å². The average molecular weight is 336 g/mol. The summed E-state index contributed by atoms with van der Waals surface area (Å²) >= 11 is 5.84. The highest BCUT2D eigenvalue weighted by molar-refractivity contribution is 7.89. The van der Waals surface area contributed by atoms with Crippen LogP contribution in [0.1, 0.15) is 13.3 Å². The zero-order valence-electron chi connectivity index (χ0n) is 11.9. The first kappa shape index (κ1) is 16.5. The SMILES string of the molecule is CC1CN(C)CCC1NS(=O)(=O)c1cc(N)c(F)cc1Cl. The lowest BCUT2D eigenvalue weighted by atomic mass is 9.95. The van der Waals surface area contributed by atoms with Crippen LogP contribution in [-0.4, -0.2) is 39.5 Å². The lowest BCUT2D eigenvalue weighted by Gasteiger charge is -2.35. The summed E-state index contributed by atoms with van der Waals surface area (Å²) in [6.07, 6.45) is 0.713. The van der Waals surface area contributed by atoms with Crippen molar-refractivity contribution >= 4 is 27.3 Å². The van der Waals surface area contributed by atoms with Crippen LogP contribution in [-0.2, 0) is 10.0 Å². The van der Waals surface area contributed by atoms with Crippen molar-refractivity contribution in [1.29, 1.82) is 0 Å². The van der Waals surface area contributed by atoms with Crippen molar-refractivity contribution in [2.45, 2.75) is 24.3 Å². The van der Waals surface area contributed by atoms with Crippen molar-refractivity contribution in [2.75, 3.05) is 25.9 Å². The highest BCUT2D eigenvalue weighted by atomic mass is 35.5. The average Bonchev–Trinajstić information content (AvgIpc) is 2.37. The van der Waals surface area contributed by atoms with E-state index < -0.39 is 15.8 Å². The molecule has 21 heavy (non-hydrogen) atoms. The van der Waals surface area contributed by atoms with Crippen LogP contribution < -0.4 is 10.5 Å². The van der Waals surface area contributed by atoms with Crippen molar-refractivity contribution in [3.05, 3.63) is 23.0 Å². The molecule has 0 bridgehead atoms. The Labute approximate surface area is 129 Å². The molecule has 2 unspecified atom stereocenters. The van der Waals surface area contributed by atoms with Gasteiger partial charge in [0.2, 0.25) is 10.0 Å². The second kappa shape index (κ2) is 6.08. The highest BCUT2D eigenvalue weighted by Crippen LogP contribution is 2.27. The summed E-state index contributed by atoms with van der Waals surface area (Å²) in [5.74, 6) is -0.554. The van der Waals surface area contributed by atoms with Gasteiger partial charge in [-0.15, -0.1) is 0 Å². The van der Waals surface area contributed by atoms with Crippen LogP contribution in [0.5, 0.6) is 0 Å². The molecule has 2 rings (SSSR count). The molecule has 0 radical (unpaired) electrons. The summed E-state index contributed by atoms with van der Waals surface area (Å²) in [5.41, 5.74) is 5.19. The number of halogens is 2. The van der Waals surface area contributed by atoms with Gasteiger partial charge in [0.1, 0.15) is 10.7 Å². The van der Waals surface area contributed by atoms with E-state index in [-0.39, 0.29) is 27.6 Å². The number of sulfonamides is 1. The van der Waals surface area contributed by atoms with Crippen molar-refractivity contribution in [3.63, 3.8) is 0 Å². The zero-order valence-corrected chi connectivity index (χ0v) is 13.5. The largest absolute Gasteiger partial charge is 0.396 e. The zero-order chi connectivity index (χ0) is 15.8. The van der Waals surface area contributed by atoms with Crippen molar-refractivity contribution in [2.24, 2.45) is 5.92 Å². The summed E-state index contributed by atoms with van der Waals surface area (Å²) in [6.45, 7) is 3.62. The predicted octanol–water partition coefficient (Wildman–Crippen LogP) is 1.68. The minimum absolute atomic E-state index is 0.171. The van der Waals surface area contributed by atoms with Crippen LogP contribution in [0.4, 0.5) is 10.1 Å². The maximum Gasteiger partial charge on any atom is 0.242 e. The van der Waals surface area contributed by atoms with Gasteiger partial charge in [-0.3, -0.25) is 0 Å². The number of likely N-dealkylation sites (tertiary alicyclic amines) is 1. The van der Waals surface area contributed by atoms with Crippen LogP contribution >= 0.6 is 11.6 Å². The number of piperidine rings is 1. The quantitative estimate of drug-likeness (QED) is 0.824. The second-order valence-corrected chi connectivity index (χ2v) is 7.65. The number of rotatable bonds is 3. The van der Waals surface area contributed by atoms with Crippen LogP contribution in [0.3, 0.4) is 0 Å². The first-order valence-corrected chi connectivity index (χ1v) is 8.52. The van der Waals surface area contributed by atoms with E-state index in [1.54, 1.807) is 0 Å². The molecule has 1 aliphatic heterocycles. The van der Waals surface area contributed by atoms with Gasteiger partial charge >= 0.3 is 0 Å². The predicted molar refractivity (Wildman–Crippen MR) is 81.2 cm³/mol. The third kappa shape index (κ3) is 3.66. The summed E-state index contributed by atoms with van der Waals surface area (Å²) in [4.78, 5) is 1.97. The summed E-state index contributed by atoms with van der Waals surface area (Å²) in [5, 5.41) is -0.171. The van der Waals surface area contributed by atoms with E-state index in [0.717, 1.165) is 25.2 Å². The van der Waals surface area contributed by atoms with Crippen LogP contribution in [0, 0.1) is 11.7 Å². The summed E-state index contributed by atoms with van der Waals surface area (Å²) < 4.78 is 40.8. The van der Waals surface area contributed by atoms with Crippen molar-refractivity contribution < 1.29 is 12.8 Å². The van der Waals surface area contributed by atoms with Crippen LogP contribution in [0.2, 0.25) is 5.02 Å². The van der Waals surface area contributed by atoms with Gasteiger partial charge in [-0.25, -0.2) is 17.5 Å². The Kier molecular flexibility index (Phi) is 4.77. The molecule has 1 aromatic rings. The van der Waals surface area contributed by atoms with Gasteiger partial charge in [0.15, 0.2) is 0 Å². The lowest BCUT2D eigenvalue weighted by molar-refractivity contribution is 0.188. The first-order valence-electron chi connectivity index (χ1n) is 6.66. The number of hydrogen-bond donors (Lipinski definition) is 2. The molecule has 8 heteroatoms. The van der Waals surface area contributed by atoms with E-state index in [2.05, 4.69) is 9.62 Å². The maximum atomic E-state index is 13.3. The molecule has 118 valence electrons. The Morgan fingerprint density at radius 2 is 2.14 bits per heavy atom. The molecule has 1 aliphatic rings. The number of nitrogen functional groups attached to an aromatic ring is 1. The molecule has 5 nitrogen and oxygen atoms in total.